The van der Waals surface area contributed by atoms with Crippen LogP contribution in [0, 0.1) is 0 Å². The van der Waals surface area contributed by atoms with Gasteiger partial charge in [0.15, 0.2) is 11.2 Å². The predicted octanol–water partition coefficient (Wildman–Crippen LogP) is 1.93. The number of ether oxygens (including phenoxy) is 1. The van der Waals surface area contributed by atoms with E-state index in [9.17, 15) is 9.59 Å². The minimum absolute atomic E-state index is 0.106. The van der Waals surface area contributed by atoms with Crippen molar-refractivity contribution in [2.45, 2.75) is 13.3 Å². The first-order chi connectivity index (χ1) is 13.0. The lowest BCUT2D eigenvalue weighted by Gasteiger charge is -2.04. The number of rotatable bonds is 7. The van der Waals surface area contributed by atoms with Crippen molar-refractivity contribution in [2.24, 2.45) is 7.05 Å². The number of fused-ring (bicyclic) bond motifs is 1. The number of halogens is 1. The zero-order valence-electron chi connectivity index (χ0n) is 15.1. The number of nitrogens with one attached hydrogen (secondary N) is 1. The second kappa shape index (κ2) is 8.32. The number of carbonyl (C=O) groups is 1. The number of nitrogens with zero attached hydrogens (tertiary/aromatic N) is 4. The Morgan fingerprint density at radius 3 is 2.74 bits per heavy atom. The summed E-state index contributed by atoms with van der Waals surface area (Å²) in [5.41, 5.74) is 0.925. The van der Waals surface area contributed by atoms with E-state index in [4.69, 9.17) is 16.3 Å². The van der Waals surface area contributed by atoms with Gasteiger partial charge in [-0.1, -0.05) is 11.6 Å². The zero-order chi connectivity index (χ0) is 19.4. The summed E-state index contributed by atoms with van der Waals surface area (Å²) in [5, 5.41) is 7.72. The van der Waals surface area contributed by atoms with Crippen LogP contribution in [0.5, 0.6) is 0 Å². The van der Waals surface area contributed by atoms with Gasteiger partial charge in [0, 0.05) is 31.8 Å². The topological polar surface area (TPSA) is 91.0 Å². The molecule has 1 N–H and O–H groups in total. The molecule has 0 radical (unpaired) electrons. The molecule has 0 atom stereocenters. The number of carbonyl (C=O) groups excluding carboxylic acids is 1. The minimum atomic E-state index is -0.384. The van der Waals surface area contributed by atoms with Crippen molar-refractivity contribution < 1.29 is 9.53 Å². The molecule has 0 saturated heterocycles. The Kier molecular flexibility index (Phi) is 5.88. The Labute approximate surface area is 160 Å². The lowest BCUT2D eigenvalue weighted by atomic mass is 10.3. The third-order valence-electron chi connectivity index (χ3n) is 3.98. The lowest BCUT2D eigenvalue weighted by Crippen LogP contribution is -2.26. The minimum Gasteiger partial charge on any atom is -0.382 e. The average Bonchev–Trinajstić information content (AvgIpc) is 3.05. The standard InChI is InChI=1S/C18H20ClN5O3/c1-3-27-10-4-9-20-17(25)15-14-16(18(26)23(2)11-21-14)24(22-15)13-7-5-12(19)6-8-13/h5-8,11H,3-4,9-10H2,1-2H3,(H,20,25). The molecule has 142 valence electrons. The third-order valence-corrected chi connectivity index (χ3v) is 4.24. The van der Waals surface area contributed by atoms with Crippen molar-refractivity contribution >= 4 is 28.5 Å². The maximum absolute atomic E-state index is 12.6. The Balaban J connectivity index is 1.99. The molecular weight excluding hydrogens is 370 g/mol. The average molecular weight is 390 g/mol. The Morgan fingerprint density at radius 1 is 1.30 bits per heavy atom. The van der Waals surface area contributed by atoms with Crippen molar-refractivity contribution in [1.29, 1.82) is 0 Å². The van der Waals surface area contributed by atoms with Crippen LogP contribution in [0.1, 0.15) is 23.8 Å². The number of benzene rings is 1. The van der Waals surface area contributed by atoms with Gasteiger partial charge in [0.2, 0.25) is 0 Å². The van der Waals surface area contributed by atoms with Crippen LogP contribution in [0.25, 0.3) is 16.7 Å². The molecule has 0 saturated carbocycles. The SMILES string of the molecule is CCOCCCNC(=O)c1nn(-c2ccc(Cl)cc2)c2c(=O)n(C)cnc12. The van der Waals surface area contributed by atoms with Crippen LogP contribution in [0.15, 0.2) is 35.4 Å². The molecule has 2 heterocycles. The molecule has 1 aromatic carbocycles. The van der Waals surface area contributed by atoms with Crippen molar-refractivity contribution in [3.05, 3.63) is 51.7 Å². The molecule has 0 unspecified atom stereocenters. The van der Waals surface area contributed by atoms with E-state index in [-0.39, 0.29) is 28.2 Å². The normalized spacial score (nSPS) is 11.1. The molecule has 9 heteroatoms. The van der Waals surface area contributed by atoms with Gasteiger partial charge in [0.05, 0.1) is 12.0 Å². The molecule has 3 rings (SSSR count). The number of aryl methyl sites for hydroxylation is 1. The maximum Gasteiger partial charge on any atom is 0.279 e. The van der Waals surface area contributed by atoms with Gasteiger partial charge in [-0.3, -0.25) is 9.59 Å². The van der Waals surface area contributed by atoms with Crippen molar-refractivity contribution in [2.75, 3.05) is 19.8 Å². The highest BCUT2D eigenvalue weighted by Gasteiger charge is 2.22. The first kappa shape index (κ1) is 19.1. The molecule has 0 aliphatic heterocycles. The van der Waals surface area contributed by atoms with Crippen LogP contribution in [0.2, 0.25) is 5.02 Å². The summed E-state index contributed by atoms with van der Waals surface area (Å²) in [4.78, 5) is 29.5. The largest absolute Gasteiger partial charge is 0.382 e. The van der Waals surface area contributed by atoms with E-state index in [0.717, 1.165) is 0 Å². The van der Waals surface area contributed by atoms with E-state index < -0.39 is 0 Å². The first-order valence-electron chi connectivity index (χ1n) is 8.59. The summed E-state index contributed by atoms with van der Waals surface area (Å²) in [7, 11) is 1.60. The zero-order valence-corrected chi connectivity index (χ0v) is 15.9. The molecule has 0 spiro atoms. The summed E-state index contributed by atoms with van der Waals surface area (Å²) in [6.07, 6.45) is 2.06. The molecule has 0 bridgehead atoms. The summed E-state index contributed by atoms with van der Waals surface area (Å²) in [6.45, 7) is 3.56. The van der Waals surface area contributed by atoms with Crippen LogP contribution in [-0.2, 0) is 11.8 Å². The van der Waals surface area contributed by atoms with Gasteiger partial charge in [-0.15, -0.1) is 0 Å². The quantitative estimate of drug-likeness (QED) is 0.623. The van der Waals surface area contributed by atoms with Crippen LogP contribution in [-0.4, -0.2) is 45.0 Å². The van der Waals surface area contributed by atoms with Crippen LogP contribution >= 0.6 is 11.6 Å². The highest BCUT2D eigenvalue weighted by molar-refractivity contribution is 6.30. The molecule has 1 amide bonds. The summed E-state index contributed by atoms with van der Waals surface area (Å²) in [6, 6.07) is 6.84. The lowest BCUT2D eigenvalue weighted by molar-refractivity contribution is 0.0940. The Morgan fingerprint density at radius 2 is 2.04 bits per heavy atom. The van der Waals surface area contributed by atoms with Crippen LogP contribution in [0.4, 0.5) is 0 Å². The molecule has 3 aromatic rings. The third kappa shape index (κ3) is 4.01. The van der Waals surface area contributed by atoms with Crippen molar-refractivity contribution in [3.63, 3.8) is 0 Å². The Bertz CT molecular complexity index is 1010. The highest BCUT2D eigenvalue weighted by atomic mass is 35.5. The van der Waals surface area contributed by atoms with Gasteiger partial charge in [0.25, 0.3) is 11.5 Å². The number of hydrogen-bond acceptors (Lipinski definition) is 5. The van der Waals surface area contributed by atoms with E-state index in [1.54, 1.807) is 31.3 Å². The van der Waals surface area contributed by atoms with E-state index in [0.29, 0.717) is 36.9 Å². The number of hydrogen-bond donors (Lipinski definition) is 1. The predicted molar refractivity (Wildman–Crippen MR) is 103 cm³/mol. The fourth-order valence-electron chi connectivity index (χ4n) is 2.61. The molecule has 2 aromatic heterocycles. The number of amides is 1. The van der Waals surface area contributed by atoms with Gasteiger partial charge in [-0.2, -0.15) is 5.10 Å². The Hall–Kier alpha value is -2.71. The second-order valence-corrected chi connectivity index (χ2v) is 6.34. The van der Waals surface area contributed by atoms with Gasteiger partial charge < -0.3 is 14.6 Å². The molecular formula is C18H20ClN5O3. The van der Waals surface area contributed by atoms with E-state index in [1.807, 2.05) is 6.92 Å². The molecule has 0 fully saturated rings. The first-order valence-corrected chi connectivity index (χ1v) is 8.97. The van der Waals surface area contributed by atoms with E-state index >= 15 is 0 Å². The smallest absolute Gasteiger partial charge is 0.279 e. The molecule has 0 aliphatic carbocycles. The molecule has 8 nitrogen and oxygen atoms in total. The molecule has 27 heavy (non-hydrogen) atoms. The van der Waals surface area contributed by atoms with Crippen molar-refractivity contribution in [1.82, 2.24) is 24.6 Å². The van der Waals surface area contributed by atoms with Gasteiger partial charge in [-0.05, 0) is 37.6 Å². The maximum atomic E-state index is 12.6. The fourth-order valence-corrected chi connectivity index (χ4v) is 2.74. The number of aromatic nitrogens is 4. The van der Waals surface area contributed by atoms with Crippen LogP contribution in [0.3, 0.4) is 0 Å². The van der Waals surface area contributed by atoms with Crippen LogP contribution < -0.4 is 10.9 Å². The summed E-state index contributed by atoms with van der Waals surface area (Å²) < 4.78 is 8.03. The van der Waals surface area contributed by atoms with E-state index in [2.05, 4.69) is 15.4 Å². The van der Waals surface area contributed by atoms with Crippen molar-refractivity contribution in [3.8, 4) is 5.69 Å². The monoisotopic (exact) mass is 389 g/mol. The molecule has 0 aliphatic rings. The van der Waals surface area contributed by atoms with Gasteiger partial charge in [0.1, 0.15) is 5.52 Å². The van der Waals surface area contributed by atoms with E-state index in [1.165, 1.54) is 15.6 Å². The summed E-state index contributed by atoms with van der Waals surface area (Å²) >= 11 is 5.94. The van der Waals surface area contributed by atoms with Gasteiger partial charge in [-0.25, -0.2) is 9.67 Å². The highest BCUT2D eigenvalue weighted by Crippen LogP contribution is 2.19. The summed E-state index contributed by atoms with van der Waals surface area (Å²) in [5.74, 6) is -0.384. The van der Waals surface area contributed by atoms with Gasteiger partial charge >= 0.3 is 0 Å². The second-order valence-electron chi connectivity index (χ2n) is 5.90. The fraction of sp³-hybridized carbons (Fsp3) is 0.333.